The Balaban J connectivity index is 2.23. The van der Waals surface area contributed by atoms with Crippen LogP contribution >= 0.6 is 11.3 Å². The maximum Gasteiger partial charge on any atom is 0.307 e. The second-order valence-electron chi connectivity index (χ2n) is 3.50. The van der Waals surface area contributed by atoms with Gasteiger partial charge in [-0.25, -0.2) is 5.84 Å². The molecule has 2 aromatic rings. The summed E-state index contributed by atoms with van der Waals surface area (Å²) in [5.74, 6) is 5.12. The molecular formula is C10H11N3O3S. The van der Waals surface area contributed by atoms with Crippen molar-refractivity contribution in [1.29, 1.82) is 0 Å². The van der Waals surface area contributed by atoms with Crippen molar-refractivity contribution in [3.05, 3.63) is 44.4 Å². The van der Waals surface area contributed by atoms with E-state index in [0.29, 0.717) is 17.9 Å². The first-order chi connectivity index (χ1) is 8.11. The van der Waals surface area contributed by atoms with Gasteiger partial charge in [-0.15, -0.1) is 0 Å². The lowest BCUT2D eigenvalue weighted by atomic mass is 10.3. The van der Waals surface area contributed by atoms with Gasteiger partial charge in [0.15, 0.2) is 0 Å². The molecule has 0 fully saturated rings. The molecular weight excluding hydrogens is 242 g/mol. The van der Waals surface area contributed by atoms with Gasteiger partial charge in [-0.05, 0) is 13.0 Å². The van der Waals surface area contributed by atoms with Crippen molar-refractivity contribution >= 4 is 17.2 Å². The summed E-state index contributed by atoms with van der Waals surface area (Å²) in [5.41, 5.74) is 3.21. The number of hydrogen-bond acceptors (Lipinski definition) is 5. The van der Waals surface area contributed by atoms with E-state index < -0.39 is 5.91 Å². The number of thiazole rings is 1. The van der Waals surface area contributed by atoms with Crippen LogP contribution in [0.4, 0.5) is 0 Å². The Morgan fingerprint density at radius 2 is 2.41 bits per heavy atom. The van der Waals surface area contributed by atoms with E-state index in [1.165, 1.54) is 6.26 Å². The number of hydrazine groups is 1. The predicted molar refractivity (Wildman–Crippen MR) is 62.8 cm³/mol. The molecule has 0 saturated heterocycles. The van der Waals surface area contributed by atoms with Gasteiger partial charge in [0, 0.05) is 11.1 Å². The zero-order valence-corrected chi connectivity index (χ0v) is 9.91. The molecule has 0 bridgehead atoms. The Hall–Kier alpha value is -1.86. The highest BCUT2D eigenvalue weighted by Gasteiger charge is 2.11. The summed E-state index contributed by atoms with van der Waals surface area (Å²) >= 11 is 1.13. The third-order valence-corrected chi connectivity index (χ3v) is 3.22. The maximum absolute atomic E-state index is 11.5. The molecule has 0 radical (unpaired) electrons. The molecule has 90 valence electrons. The van der Waals surface area contributed by atoms with Crippen molar-refractivity contribution in [1.82, 2.24) is 9.99 Å². The van der Waals surface area contributed by atoms with E-state index in [-0.39, 0.29) is 4.87 Å². The number of carbonyl (C=O) groups is 1. The Morgan fingerprint density at radius 1 is 1.65 bits per heavy atom. The minimum Gasteiger partial charge on any atom is -0.467 e. The zero-order chi connectivity index (χ0) is 12.4. The van der Waals surface area contributed by atoms with E-state index in [0.717, 1.165) is 17.0 Å². The fourth-order valence-electron chi connectivity index (χ4n) is 1.42. The van der Waals surface area contributed by atoms with Gasteiger partial charge in [-0.1, -0.05) is 11.3 Å². The number of amides is 1. The second-order valence-corrected chi connectivity index (χ2v) is 4.32. The first-order valence-corrected chi connectivity index (χ1v) is 5.73. The van der Waals surface area contributed by atoms with Crippen molar-refractivity contribution in [2.24, 2.45) is 5.84 Å². The molecule has 2 aromatic heterocycles. The van der Waals surface area contributed by atoms with Crippen molar-refractivity contribution < 1.29 is 9.21 Å². The number of hydrogen-bond donors (Lipinski definition) is 2. The van der Waals surface area contributed by atoms with Crippen LogP contribution in [-0.2, 0) is 6.54 Å². The summed E-state index contributed by atoms with van der Waals surface area (Å²) in [6.45, 7) is 2.15. The summed E-state index contributed by atoms with van der Waals surface area (Å²) in [7, 11) is 0. The van der Waals surface area contributed by atoms with Crippen LogP contribution in [0.3, 0.4) is 0 Å². The summed E-state index contributed by atoms with van der Waals surface area (Å²) in [5, 5.41) is 1.78. The molecule has 1 amide bonds. The van der Waals surface area contributed by atoms with Gasteiger partial charge in [0.1, 0.15) is 12.0 Å². The van der Waals surface area contributed by atoms with Gasteiger partial charge in [0.2, 0.25) is 0 Å². The Labute approximate surface area is 101 Å². The first kappa shape index (κ1) is 11.6. The fraction of sp³-hybridized carbons (Fsp3) is 0.200. The molecule has 0 atom stereocenters. The summed E-state index contributed by atoms with van der Waals surface area (Å²) in [6, 6.07) is 1.56. The van der Waals surface area contributed by atoms with Gasteiger partial charge in [-0.2, -0.15) is 0 Å². The average molecular weight is 253 g/mol. The van der Waals surface area contributed by atoms with Crippen molar-refractivity contribution in [3.63, 3.8) is 0 Å². The Kier molecular flexibility index (Phi) is 3.12. The molecule has 17 heavy (non-hydrogen) atoms. The van der Waals surface area contributed by atoms with Crippen LogP contribution in [-0.4, -0.2) is 10.5 Å². The largest absolute Gasteiger partial charge is 0.467 e. The van der Waals surface area contributed by atoms with Crippen LogP contribution in [0, 0.1) is 6.92 Å². The number of aromatic nitrogens is 1. The molecule has 3 N–H and O–H groups in total. The molecule has 0 aliphatic carbocycles. The number of aryl methyl sites for hydroxylation is 1. The second kappa shape index (κ2) is 4.56. The maximum atomic E-state index is 11.5. The number of nitrogens with zero attached hydrogens (tertiary/aromatic N) is 1. The van der Waals surface area contributed by atoms with E-state index in [4.69, 9.17) is 10.3 Å². The van der Waals surface area contributed by atoms with E-state index in [2.05, 4.69) is 0 Å². The summed E-state index contributed by atoms with van der Waals surface area (Å²) < 4.78 is 6.78. The highest BCUT2D eigenvalue weighted by atomic mass is 32.1. The topological polar surface area (TPSA) is 90.3 Å². The molecule has 0 unspecified atom stereocenters. The van der Waals surface area contributed by atoms with Crippen LogP contribution in [0.25, 0.3) is 0 Å². The number of nitrogen functional groups attached to an aromatic ring is 1. The summed E-state index contributed by atoms with van der Waals surface area (Å²) in [4.78, 5) is 22.6. The molecule has 0 saturated carbocycles. The van der Waals surface area contributed by atoms with Crippen molar-refractivity contribution in [2.75, 3.05) is 0 Å². The van der Waals surface area contributed by atoms with E-state index >= 15 is 0 Å². The van der Waals surface area contributed by atoms with Crippen LogP contribution in [0.15, 0.2) is 26.9 Å². The molecule has 2 rings (SSSR count). The van der Waals surface area contributed by atoms with Gasteiger partial charge < -0.3 is 4.42 Å². The molecule has 0 aliphatic rings. The molecule has 6 nitrogen and oxygen atoms in total. The fourth-order valence-corrected chi connectivity index (χ4v) is 2.15. The third-order valence-electron chi connectivity index (χ3n) is 2.34. The van der Waals surface area contributed by atoms with Crippen molar-refractivity contribution in [2.45, 2.75) is 13.5 Å². The number of rotatable bonds is 3. The number of carbonyl (C=O) groups excluding carboxylic acids is 1. The lowest BCUT2D eigenvalue weighted by Gasteiger charge is -2.00. The normalized spacial score (nSPS) is 10.5. The molecule has 0 aromatic carbocycles. The SMILES string of the molecule is Cc1csc(=O)n1Cc1cc(C(=O)NN)co1. The van der Waals surface area contributed by atoms with Crippen LogP contribution in [0.2, 0.25) is 0 Å². The van der Waals surface area contributed by atoms with E-state index in [1.54, 1.807) is 16.0 Å². The quantitative estimate of drug-likeness (QED) is 0.472. The minimum absolute atomic E-state index is 0.0521. The Bertz CT molecular complexity index is 596. The lowest BCUT2D eigenvalue weighted by molar-refractivity contribution is 0.0953. The molecule has 0 spiro atoms. The van der Waals surface area contributed by atoms with Gasteiger partial charge in [0.05, 0.1) is 12.1 Å². The lowest BCUT2D eigenvalue weighted by Crippen LogP contribution is -2.29. The van der Waals surface area contributed by atoms with E-state index in [9.17, 15) is 9.59 Å². The summed E-state index contributed by atoms with van der Waals surface area (Å²) in [6.07, 6.45) is 1.31. The highest BCUT2D eigenvalue weighted by molar-refractivity contribution is 7.07. The average Bonchev–Trinajstić information content (AvgIpc) is 2.90. The van der Waals surface area contributed by atoms with Crippen LogP contribution < -0.4 is 16.1 Å². The third kappa shape index (κ3) is 2.29. The minimum atomic E-state index is -0.422. The van der Waals surface area contributed by atoms with Gasteiger partial charge >= 0.3 is 4.87 Å². The monoisotopic (exact) mass is 253 g/mol. The molecule has 0 aliphatic heterocycles. The van der Waals surface area contributed by atoms with Crippen molar-refractivity contribution in [3.8, 4) is 0 Å². The zero-order valence-electron chi connectivity index (χ0n) is 9.10. The molecule has 7 heteroatoms. The number of furan rings is 1. The van der Waals surface area contributed by atoms with Gasteiger partial charge in [-0.3, -0.25) is 19.6 Å². The van der Waals surface area contributed by atoms with Crippen LogP contribution in [0.1, 0.15) is 21.8 Å². The number of nitrogens with two attached hydrogens (primary N) is 1. The predicted octanol–water partition coefficient (Wildman–Crippen LogP) is 0.463. The van der Waals surface area contributed by atoms with Gasteiger partial charge in [0.25, 0.3) is 5.91 Å². The standard InChI is InChI=1S/C10H11N3O3S/c1-6-5-17-10(15)13(6)3-8-2-7(4-16-8)9(14)12-11/h2,4-5H,3,11H2,1H3,(H,12,14). The Morgan fingerprint density at radius 3 is 3.00 bits per heavy atom. The first-order valence-electron chi connectivity index (χ1n) is 4.85. The smallest absolute Gasteiger partial charge is 0.307 e. The highest BCUT2D eigenvalue weighted by Crippen LogP contribution is 2.10. The number of nitrogens with one attached hydrogen (secondary N) is 1. The van der Waals surface area contributed by atoms with E-state index in [1.807, 2.05) is 12.3 Å². The van der Waals surface area contributed by atoms with Crippen LogP contribution in [0.5, 0.6) is 0 Å². The molecule has 2 heterocycles.